The Hall–Kier alpha value is -2.08. The SMILES string of the molecule is CC(C)(C)OC(=O)N1CCC2(CC1)Cc1ccc(N3CCOCC3)cc1C2=O. The summed E-state index contributed by atoms with van der Waals surface area (Å²) in [5.74, 6) is 0.251. The van der Waals surface area contributed by atoms with E-state index >= 15 is 0 Å². The van der Waals surface area contributed by atoms with Gasteiger partial charge in [-0.3, -0.25) is 4.79 Å². The quantitative estimate of drug-likeness (QED) is 0.741. The van der Waals surface area contributed by atoms with E-state index in [1.54, 1.807) is 4.90 Å². The lowest BCUT2D eigenvalue weighted by Crippen LogP contribution is -2.47. The number of ketones is 1. The van der Waals surface area contributed by atoms with Crippen molar-refractivity contribution in [3.63, 3.8) is 0 Å². The molecular weight excluding hydrogens is 356 g/mol. The Labute approximate surface area is 166 Å². The summed E-state index contributed by atoms with van der Waals surface area (Å²) in [5.41, 5.74) is 2.27. The highest BCUT2D eigenvalue weighted by molar-refractivity contribution is 6.05. The molecule has 0 radical (unpaired) electrons. The Morgan fingerprint density at radius 1 is 1.11 bits per heavy atom. The number of carbonyl (C=O) groups excluding carboxylic acids is 2. The smallest absolute Gasteiger partial charge is 0.410 e. The molecule has 2 heterocycles. The highest BCUT2D eigenvalue weighted by atomic mass is 16.6. The first kappa shape index (κ1) is 19.2. The molecule has 1 amide bonds. The molecule has 0 N–H and O–H groups in total. The van der Waals surface area contributed by atoms with Gasteiger partial charge in [0.05, 0.1) is 13.2 Å². The lowest BCUT2D eigenvalue weighted by atomic mass is 9.75. The van der Waals surface area contributed by atoms with Crippen LogP contribution >= 0.6 is 0 Å². The third kappa shape index (κ3) is 3.62. The molecule has 1 aromatic rings. The van der Waals surface area contributed by atoms with Crippen LogP contribution in [0.3, 0.4) is 0 Å². The lowest BCUT2D eigenvalue weighted by Gasteiger charge is -2.38. The van der Waals surface area contributed by atoms with Gasteiger partial charge < -0.3 is 19.3 Å². The van der Waals surface area contributed by atoms with Crippen molar-refractivity contribution in [3.05, 3.63) is 29.3 Å². The maximum Gasteiger partial charge on any atom is 0.410 e. The average molecular weight is 386 g/mol. The number of fused-ring (bicyclic) bond motifs is 1. The molecule has 2 saturated heterocycles. The number of carbonyl (C=O) groups is 2. The van der Waals surface area contributed by atoms with Gasteiger partial charge in [-0.05, 0) is 57.7 Å². The molecule has 28 heavy (non-hydrogen) atoms. The van der Waals surface area contributed by atoms with Crippen molar-refractivity contribution in [1.29, 1.82) is 0 Å². The van der Waals surface area contributed by atoms with Gasteiger partial charge in [0.1, 0.15) is 5.60 Å². The minimum atomic E-state index is -0.498. The second-order valence-corrected chi connectivity index (χ2v) is 9.19. The third-order valence-corrected chi connectivity index (χ3v) is 6.10. The predicted octanol–water partition coefficient (Wildman–Crippen LogP) is 3.28. The van der Waals surface area contributed by atoms with Crippen molar-refractivity contribution >= 4 is 17.6 Å². The van der Waals surface area contributed by atoms with E-state index in [9.17, 15) is 9.59 Å². The lowest BCUT2D eigenvalue weighted by molar-refractivity contribution is 0.0114. The first-order valence-electron chi connectivity index (χ1n) is 10.3. The summed E-state index contributed by atoms with van der Waals surface area (Å²) < 4.78 is 10.9. The van der Waals surface area contributed by atoms with Crippen LogP contribution in [0.5, 0.6) is 0 Å². The van der Waals surface area contributed by atoms with Crippen molar-refractivity contribution in [3.8, 4) is 0 Å². The van der Waals surface area contributed by atoms with Crippen LogP contribution in [-0.4, -0.2) is 61.8 Å². The molecule has 0 aromatic heterocycles. The molecule has 1 spiro atoms. The van der Waals surface area contributed by atoms with Crippen molar-refractivity contribution in [2.24, 2.45) is 5.41 Å². The van der Waals surface area contributed by atoms with Gasteiger partial charge in [-0.25, -0.2) is 4.79 Å². The molecule has 0 bridgehead atoms. The zero-order valence-electron chi connectivity index (χ0n) is 17.1. The summed E-state index contributed by atoms with van der Waals surface area (Å²) in [6, 6.07) is 6.32. The number of morpholine rings is 1. The molecule has 1 aliphatic carbocycles. The van der Waals surface area contributed by atoms with E-state index < -0.39 is 5.60 Å². The van der Waals surface area contributed by atoms with E-state index in [2.05, 4.69) is 23.1 Å². The molecule has 6 nitrogen and oxygen atoms in total. The minimum absolute atomic E-state index is 0.251. The van der Waals surface area contributed by atoms with E-state index in [1.165, 1.54) is 0 Å². The van der Waals surface area contributed by atoms with Gasteiger partial charge in [0.25, 0.3) is 0 Å². The molecule has 6 heteroatoms. The molecule has 152 valence electrons. The van der Waals surface area contributed by atoms with Gasteiger partial charge >= 0.3 is 6.09 Å². The predicted molar refractivity (Wildman–Crippen MR) is 107 cm³/mol. The van der Waals surface area contributed by atoms with E-state index in [1.807, 2.05) is 20.8 Å². The molecule has 0 saturated carbocycles. The number of benzene rings is 1. The van der Waals surface area contributed by atoms with Crippen LogP contribution in [0.1, 0.15) is 49.5 Å². The number of likely N-dealkylation sites (tertiary alicyclic amines) is 1. The highest BCUT2D eigenvalue weighted by Gasteiger charge is 2.48. The van der Waals surface area contributed by atoms with Crippen LogP contribution in [0, 0.1) is 5.41 Å². The van der Waals surface area contributed by atoms with Crippen LogP contribution in [0.4, 0.5) is 10.5 Å². The Morgan fingerprint density at radius 2 is 1.79 bits per heavy atom. The Bertz CT molecular complexity index is 769. The van der Waals surface area contributed by atoms with Crippen LogP contribution < -0.4 is 4.90 Å². The normalized spacial score (nSPS) is 21.8. The second-order valence-electron chi connectivity index (χ2n) is 9.19. The number of hydrogen-bond acceptors (Lipinski definition) is 5. The van der Waals surface area contributed by atoms with Gasteiger partial charge in [0.15, 0.2) is 5.78 Å². The molecule has 3 aliphatic rings. The van der Waals surface area contributed by atoms with Crippen LogP contribution in [0.25, 0.3) is 0 Å². The maximum absolute atomic E-state index is 13.3. The molecule has 0 unspecified atom stereocenters. The summed E-state index contributed by atoms with van der Waals surface area (Å²) in [7, 11) is 0. The van der Waals surface area contributed by atoms with E-state index in [0.717, 1.165) is 49.5 Å². The molecule has 0 atom stereocenters. The van der Waals surface area contributed by atoms with Crippen molar-refractivity contribution < 1.29 is 19.1 Å². The Kier molecular flexibility index (Phi) is 4.86. The monoisotopic (exact) mass is 386 g/mol. The Balaban J connectivity index is 1.45. The summed E-state index contributed by atoms with van der Waals surface area (Å²) in [6.45, 7) is 9.96. The van der Waals surface area contributed by atoms with Crippen LogP contribution in [-0.2, 0) is 15.9 Å². The number of anilines is 1. The largest absolute Gasteiger partial charge is 0.444 e. The highest BCUT2D eigenvalue weighted by Crippen LogP contribution is 2.45. The van der Waals surface area contributed by atoms with Crippen molar-refractivity contribution in [2.45, 2.75) is 45.6 Å². The zero-order chi connectivity index (χ0) is 19.9. The maximum atomic E-state index is 13.3. The summed E-state index contributed by atoms with van der Waals surface area (Å²) in [5, 5.41) is 0. The van der Waals surface area contributed by atoms with Crippen molar-refractivity contribution in [2.75, 3.05) is 44.3 Å². The molecule has 4 rings (SSSR count). The molecule has 2 aliphatic heterocycles. The zero-order valence-corrected chi connectivity index (χ0v) is 17.1. The van der Waals surface area contributed by atoms with Crippen molar-refractivity contribution in [1.82, 2.24) is 4.90 Å². The number of amides is 1. The molecule has 2 fully saturated rings. The number of piperidine rings is 1. The fourth-order valence-electron chi connectivity index (χ4n) is 4.53. The minimum Gasteiger partial charge on any atom is -0.444 e. The van der Waals surface area contributed by atoms with E-state index in [-0.39, 0.29) is 17.3 Å². The number of hydrogen-bond donors (Lipinski definition) is 0. The number of ether oxygens (including phenoxy) is 2. The first-order chi connectivity index (χ1) is 13.3. The first-order valence-corrected chi connectivity index (χ1v) is 10.3. The van der Waals surface area contributed by atoms with Crippen LogP contribution in [0.15, 0.2) is 18.2 Å². The fourth-order valence-corrected chi connectivity index (χ4v) is 4.53. The van der Waals surface area contributed by atoms with Gasteiger partial charge in [0, 0.05) is 42.8 Å². The summed E-state index contributed by atoms with van der Waals surface area (Å²) >= 11 is 0. The van der Waals surface area contributed by atoms with Gasteiger partial charge in [0.2, 0.25) is 0 Å². The van der Waals surface area contributed by atoms with E-state index in [0.29, 0.717) is 25.9 Å². The average Bonchev–Trinajstić information content (AvgIpc) is 2.93. The molecule has 1 aromatic carbocycles. The Morgan fingerprint density at radius 3 is 2.43 bits per heavy atom. The topological polar surface area (TPSA) is 59.1 Å². The number of rotatable bonds is 1. The number of Topliss-reactive ketones (excluding diaryl/α,β-unsaturated/α-hetero) is 1. The standard InChI is InChI=1S/C22H30N2O4/c1-21(2,3)28-20(26)24-8-6-22(7-9-24)15-16-4-5-17(14-18(16)19(22)25)23-10-12-27-13-11-23/h4-5,14H,6-13,15H2,1-3H3. The number of nitrogens with zero attached hydrogens (tertiary/aromatic N) is 2. The fraction of sp³-hybridized carbons (Fsp3) is 0.636. The van der Waals surface area contributed by atoms with E-state index in [4.69, 9.17) is 9.47 Å². The third-order valence-electron chi connectivity index (χ3n) is 6.10. The summed E-state index contributed by atoms with van der Waals surface area (Å²) in [4.78, 5) is 29.7. The molecular formula is C22H30N2O4. The van der Waals surface area contributed by atoms with Gasteiger partial charge in [-0.2, -0.15) is 0 Å². The van der Waals surface area contributed by atoms with Crippen LogP contribution in [0.2, 0.25) is 0 Å². The van der Waals surface area contributed by atoms with Gasteiger partial charge in [-0.15, -0.1) is 0 Å². The second kappa shape index (κ2) is 7.07. The van der Waals surface area contributed by atoms with Gasteiger partial charge in [-0.1, -0.05) is 6.07 Å². The summed E-state index contributed by atoms with van der Waals surface area (Å²) in [6.07, 6.45) is 1.91.